The van der Waals surface area contributed by atoms with Crippen LogP contribution in [0.1, 0.15) is 29.3 Å². The molecule has 0 saturated carbocycles. The van der Waals surface area contributed by atoms with Crippen LogP contribution >= 0.6 is 11.6 Å². The molecular formula is C10H10ClF2NO3. The zero-order chi connectivity index (χ0) is 13.0. The summed E-state index contributed by atoms with van der Waals surface area (Å²) in [6, 6.07) is 0.918. The topological polar surface area (TPSA) is 48.4 Å². The van der Waals surface area contributed by atoms with Gasteiger partial charge in [-0.05, 0) is 13.0 Å². The van der Waals surface area contributed by atoms with Gasteiger partial charge in [0.05, 0.1) is 13.7 Å². The lowest BCUT2D eigenvalue weighted by Gasteiger charge is -2.11. The number of alkyl halides is 2. The molecule has 17 heavy (non-hydrogen) atoms. The van der Waals surface area contributed by atoms with Crippen molar-refractivity contribution in [1.82, 2.24) is 4.98 Å². The van der Waals surface area contributed by atoms with Crippen LogP contribution in [0.2, 0.25) is 5.15 Å². The van der Waals surface area contributed by atoms with E-state index >= 15 is 0 Å². The summed E-state index contributed by atoms with van der Waals surface area (Å²) in [6.45, 7) is 1.63. The van der Waals surface area contributed by atoms with E-state index in [0.717, 1.165) is 6.07 Å². The molecule has 1 rings (SSSR count). The Bertz CT molecular complexity index is 426. The van der Waals surface area contributed by atoms with Crippen LogP contribution in [0.3, 0.4) is 0 Å². The van der Waals surface area contributed by atoms with Gasteiger partial charge in [0.2, 0.25) is 5.88 Å². The Balaban J connectivity index is 3.36. The second kappa shape index (κ2) is 5.77. The predicted molar refractivity (Wildman–Crippen MR) is 56.7 cm³/mol. The molecule has 0 fully saturated rings. The van der Waals surface area contributed by atoms with Gasteiger partial charge in [0.15, 0.2) is 0 Å². The van der Waals surface area contributed by atoms with Gasteiger partial charge >= 0.3 is 5.97 Å². The fourth-order valence-corrected chi connectivity index (χ4v) is 1.43. The summed E-state index contributed by atoms with van der Waals surface area (Å²) in [5, 5.41) is -0.176. The Morgan fingerprint density at radius 3 is 2.71 bits per heavy atom. The van der Waals surface area contributed by atoms with E-state index in [0.29, 0.717) is 0 Å². The molecule has 0 unspecified atom stereocenters. The summed E-state index contributed by atoms with van der Waals surface area (Å²) in [7, 11) is 1.20. The molecular weight excluding hydrogens is 256 g/mol. The molecule has 1 heterocycles. The average molecular weight is 266 g/mol. The lowest BCUT2D eigenvalue weighted by atomic mass is 10.1. The number of methoxy groups -OCH3 is 1. The van der Waals surface area contributed by atoms with Crippen LogP contribution in [-0.2, 0) is 4.74 Å². The van der Waals surface area contributed by atoms with Gasteiger partial charge in [-0.3, -0.25) is 0 Å². The number of esters is 1. The molecule has 0 radical (unpaired) electrons. The van der Waals surface area contributed by atoms with Crippen molar-refractivity contribution < 1.29 is 23.0 Å². The summed E-state index contributed by atoms with van der Waals surface area (Å²) < 4.78 is 35.0. The van der Waals surface area contributed by atoms with Crippen LogP contribution < -0.4 is 4.74 Å². The van der Waals surface area contributed by atoms with E-state index in [1.165, 1.54) is 7.11 Å². The first-order valence-corrected chi connectivity index (χ1v) is 5.08. The summed E-state index contributed by atoms with van der Waals surface area (Å²) >= 11 is 5.55. The number of halogens is 3. The number of hydrogen-bond donors (Lipinski definition) is 0. The van der Waals surface area contributed by atoms with Crippen molar-refractivity contribution >= 4 is 17.6 Å². The standard InChI is InChI=1S/C10H10ClF2NO3/c1-3-17-10(15)7-5(8(12)13)4-6(11)14-9(7)16-2/h4,8H,3H2,1-2H3. The zero-order valence-corrected chi connectivity index (χ0v) is 9.92. The second-order valence-corrected chi connectivity index (χ2v) is 3.33. The highest BCUT2D eigenvalue weighted by Gasteiger charge is 2.26. The van der Waals surface area contributed by atoms with Gasteiger partial charge < -0.3 is 9.47 Å². The van der Waals surface area contributed by atoms with Gasteiger partial charge in [-0.25, -0.2) is 18.6 Å². The molecule has 0 bridgehead atoms. The van der Waals surface area contributed by atoms with Crippen molar-refractivity contribution in [3.8, 4) is 5.88 Å². The number of pyridine rings is 1. The van der Waals surface area contributed by atoms with Crippen molar-refractivity contribution in [1.29, 1.82) is 0 Å². The molecule has 0 aromatic carbocycles. The predicted octanol–water partition coefficient (Wildman–Crippen LogP) is 2.86. The maximum atomic E-state index is 12.8. The van der Waals surface area contributed by atoms with Gasteiger partial charge in [0.1, 0.15) is 10.7 Å². The maximum Gasteiger partial charge on any atom is 0.344 e. The molecule has 0 atom stereocenters. The molecule has 0 amide bonds. The Morgan fingerprint density at radius 1 is 1.59 bits per heavy atom. The fourth-order valence-electron chi connectivity index (χ4n) is 1.24. The number of hydrogen-bond acceptors (Lipinski definition) is 4. The van der Waals surface area contributed by atoms with E-state index in [4.69, 9.17) is 16.3 Å². The van der Waals surface area contributed by atoms with Crippen molar-refractivity contribution in [2.24, 2.45) is 0 Å². The number of aromatic nitrogens is 1. The van der Waals surface area contributed by atoms with Crippen LogP contribution in [0.4, 0.5) is 8.78 Å². The van der Waals surface area contributed by atoms with E-state index in [9.17, 15) is 13.6 Å². The average Bonchev–Trinajstić information content (AvgIpc) is 2.27. The second-order valence-electron chi connectivity index (χ2n) is 2.94. The minimum Gasteiger partial charge on any atom is -0.480 e. The van der Waals surface area contributed by atoms with Crippen LogP contribution in [-0.4, -0.2) is 24.7 Å². The van der Waals surface area contributed by atoms with Crippen molar-refractivity contribution in [2.45, 2.75) is 13.3 Å². The van der Waals surface area contributed by atoms with Crippen LogP contribution in [0.5, 0.6) is 5.88 Å². The van der Waals surface area contributed by atoms with Crippen LogP contribution in [0.25, 0.3) is 0 Å². The Hall–Kier alpha value is -1.43. The Morgan fingerprint density at radius 2 is 2.24 bits per heavy atom. The molecule has 7 heteroatoms. The van der Waals surface area contributed by atoms with E-state index in [2.05, 4.69) is 9.72 Å². The number of ether oxygens (including phenoxy) is 2. The van der Waals surface area contributed by atoms with Crippen LogP contribution in [0.15, 0.2) is 6.07 Å². The first-order valence-electron chi connectivity index (χ1n) is 4.71. The minimum absolute atomic E-state index is 0.0628. The monoisotopic (exact) mass is 265 g/mol. The molecule has 94 valence electrons. The first kappa shape index (κ1) is 13.6. The largest absolute Gasteiger partial charge is 0.480 e. The first-order chi connectivity index (χ1) is 8.01. The lowest BCUT2D eigenvalue weighted by Crippen LogP contribution is -2.12. The Kier molecular flexibility index (Phi) is 4.62. The summed E-state index contributed by atoms with van der Waals surface area (Å²) in [4.78, 5) is 15.2. The maximum absolute atomic E-state index is 12.8. The summed E-state index contributed by atoms with van der Waals surface area (Å²) in [6.07, 6.45) is -2.87. The Labute approximate surface area is 101 Å². The lowest BCUT2D eigenvalue weighted by molar-refractivity contribution is 0.0510. The van der Waals surface area contributed by atoms with Crippen LogP contribution in [0, 0.1) is 0 Å². The molecule has 1 aromatic heterocycles. The molecule has 0 spiro atoms. The van der Waals surface area contributed by atoms with Gasteiger partial charge in [-0.2, -0.15) is 0 Å². The zero-order valence-electron chi connectivity index (χ0n) is 9.17. The smallest absolute Gasteiger partial charge is 0.344 e. The molecule has 0 saturated heterocycles. The fraction of sp³-hybridized carbons (Fsp3) is 0.400. The van der Waals surface area contributed by atoms with Gasteiger partial charge in [0.25, 0.3) is 6.43 Å². The van der Waals surface area contributed by atoms with Crippen molar-refractivity contribution in [3.63, 3.8) is 0 Å². The highest BCUT2D eigenvalue weighted by Crippen LogP contribution is 2.31. The number of rotatable bonds is 4. The van der Waals surface area contributed by atoms with Crippen molar-refractivity contribution in [2.75, 3.05) is 13.7 Å². The molecule has 0 aliphatic heterocycles. The molecule has 1 aromatic rings. The number of carbonyl (C=O) groups excluding carboxylic acids is 1. The molecule has 4 nitrogen and oxygen atoms in total. The third-order valence-electron chi connectivity index (χ3n) is 1.89. The third-order valence-corrected chi connectivity index (χ3v) is 2.09. The van der Waals surface area contributed by atoms with Gasteiger partial charge in [-0.15, -0.1) is 0 Å². The molecule has 0 N–H and O–H groups in total. The number of carbonyl (C=O) groups is 1. The van der Waals surface area contributed by atoms with Crippen molar-refractivity contribution in [3.05, 3.63) is 22.3 Å². The van der Waals surface area contributed by atoms with E-state index in [1.807, 2.05) is 0 Å². The van der Waals surface area contributed by atoms with Gasteiger partial charge in [0, 0.05) is 5.56 Å². The van der Waals surface area contributed by atoms with E-state index < -0.39 is 23.5 Å². The van der Waals surface area contributed by atoms with E-state index in [-0.39, 0.29) is 17.6 Å². The molecule has 0 aliphatic rings. The third kappa shape index (κ3) is 3.03. The highest BCUT2D eigenvalue weighted by molar-refractivity contribution is 6.29. The normalized spacial score (nSPS) is 10.5. The highest BCUT2D eigenvalue weighted by atomic mass is 35.5. The quantitative estimate of drug-likeness (QED) is 0.620. The van der Waals surface area contributed by atoms with Gasteiger partial charge in [-0.1, -0.05) is 11.6 Å². The number of nitrogens with zero attached hydrogens (tertiary/aromatic N) is 1. The minimum atomic E-state index is -2.87. The van der Waals surface area contributed by atoms with E-state index in [1.54, 1.807) is 6.92 Å². The molecule has 0 aliphatic carbocycles. The summed E-state index contributed by atoms with van der Waals surface area (Å²) in [5.41, 5.74) is -0.950. The SMILES string of the molecule is CCOC(=O)c1c(C(F)F)cc(Cl)nc1OC. The summed E-state index contributed by atoms with van der Waals surface area (Å²) in [5.74, 6) is -1.19.